The SMILES string of the molecule is COCCOc1ccc(CNC(=O)CSCc2c(C)noc2C)cc1. The third-order valence-corrected chi connectivity index (χ3v) is 4.59. The van der Waals surface area contributed by atoms with Crippen molar-refractivity contribution in [3.05, 3.63) is 46.8 Å². The minimum absolute atomic E-state index is 0.0113. The number of rotatable bonds is 10. The van der Waals surface area contributed by atoms with Crippen molar-refractivity contribution in [1.29, 1.82) is 0 Å². The van der Waals surface area contributed by atoms with E-state index in [4.69, 9.17) is 14.0 Å². The van der Waals surface area contributed by atoms with Crippen LogP contribution in [0.5, 0.6) is 5.75 Å². The summed E-state index contributed by atoms with van der Waals surface area (Å²) in [5, 5.41) is 6.83. The number of thioether (sulfide) groups is 1. The zero-order valence-electron chi connectivity index (χ0n) is 14.8. The predicted molar refractivity (Wildman–Crippen MR) is 97.8 cm³/mol. The molecule has 1 aromatic heterocycles. The van der Waals surface area contributed by atoms with Gasteiger partial charge in [-0.3, -0.25) is 4.79 Å². The molecule has 0 radical (unpaired) electrons. The zero-order valence-corrected chi connectivity index (χ0v) is 15.6. The van der Waals surface area contributed by atoms with E-state index in [1.54, 1.807) is 18.9 Å². The van der Waals surface area contributed by atoms with Crippen LogP contribution in [0.4, 0.5) is 0 Å². The van der Waals surface area contributed by atoms with Gasteiger partial charge in [-0.2, -0.15) is 0 Å². The first-order chi connectivity index (χ1) is 12.1. The van der Waals surface area contributed by atoms with Gasteiger partial charge >= 0.3 is 0 Å². The molecule has 6 nitrogen and oxygen atoms in total. The van der Waals surface area contributed by atoms with E-state index in [0.29, 0.717) is 25.5 Å². The van der Waals surface area contributed by atoms with Crippen molar-refractivity contribution in [2.75, 3.05) is 26.1 Å². The van der Waals surface area contributed by atoms with Crippen molar-refractivity contribution in [2.24, 2.45) is 0 Å². The van der Waals surface area contributed by atoms with Crippen LogP contribution in [0.15, 0.2) is 28.8 Å². The van der Waals surface area contributed by atoms with Gasteiger partial charge in [0.1, 0.15) is 18.1 Å². The molecule has 0 bridgehead atoms. The Hall–Kier alpha value is -1.99. The molecular formula is C18H24N2O4S. The molecule has 0 saturated carbocycles. The van der Waals surface area contributed by atoms with Crippen LogP contribution < -0.4 is 10.1 Å². The minimum Gasteiger partial charge on any atom is -0.491 e. The molecule has 7 heteroatoms. The molecule has 136 valence electrons. The average molecular weight is 364 g/mol. The molecule has 1 amide bonds. The van der Waals surface area contributed by atoms with Gasteiger partial charge in [0, 0.05) is 25.0 Å². The van der Waals surface area contributed by atoms with Crippen LogP contribution in [0, 0.1) is 13.8 Å². The molecule has 1 heterocycles. The van der Waals surface area contributed by atoms with Gasteiger partial charge < -0.3 is 19.3 Å². The number of aromatic nitrogens is 1. The first-order valence-electron chi connectivity index (χ1n) is 8.07. The summed E-state index contributed by atoms with van der Waals surface area (Å²) >= 11 is 1.55. The minimum atomic E-state index is 0.0113. The average Bonchev–Trinajstić information content (AvgIpc) is 2.93. The largest absolute Gasteiger partial charge is 0.491 e. The van der Waals surface area contributed by atoms with Crippen LogP contribution in [0.3, 0.4) is 0 Å². The lowest BCUT2D eigenvalue weighted by molar-refractivity contribution is -0.118. The molecule has 0 fully saturated rings. The number of methoxy groups -OCH3 is 1. The fraction of sp³-hybridized carbons (Fsp3) is 0.444. The number of benzene rings is 1. The second-order valence-electron chi connectivity index (χ2n) is 5.56. The van der Waals surface area contributed by atoms with Crippen LogP contribution in [-0.2, 0) is 21.8 Å². The highest BCUT2D eigenvalue weighted by Gasteiger charge is 2.10. The lowest BCUT2D eigenvalue weighted by Gasteiger charge is -2.08. The zero-order chi connectivity index (χ0) is 18.1. The van der Waals surface area contributed by atoms with Crippen molar-refractivity contribution in [1.82, 2.24) is 10.5 Å². The van der Waals surface area contributed by atoms with E-state index in [1.807, 2.05) is 38.1 Å². The van der Waals surface area contributed by atoms with Crippen LogP contribution in [-0.4, -0.2) is 37.1 Å². The lowest BCUT2D eigenvalue weighted by Crippen LogP contribution is -2.24. The Bertz CT molecular complexity index is 651. The van der Waals surface area contributed by atoms with E-state index < -0.39 is 0 Å². The van der Waals surface area contributed by atoms with Crippen molar-refractivity contribution < 1.29 is 18.8 Å². The lowest BCUT2D eigenvalue weighted by atomic mass is 10.2. The topological polar surface area (TPSA) is 73.6 Å². The van der Waals surface area contributed by atoms with Crippen molar-refractivity contribution in [2.45, 2.75) is 26.1 Å². The fourth-order valence-electron chi connectivity index (χ4n) is 2.15. The smallest absolute Gasteiger partial charge is 0.230 e. The Morgan fingerprint density at radius 3 is 2.64 bits per heavy atom. The van der Waals surface area contributed by atoms with E-state index in [-0.39, 0.29) is 5.91 Å². The highest BCUT2D eigenvalue weighted by atomic mass is 32.2. The van der Waals surface area contributed by atoms with Crippen molar-refractivity contribution >= 4 is 17.7 Å². The molecule has 1 N–H and O–H groups in total. The molecule has 1 aromatic carbocycles. The number of aryl methyl sites for hydroxylation is 2. The predicted octanol–water partition coefficient (Wildman–Crippen LogP) is 2.87. The number of nitrogens with one attached hydrogen (secondary N) is 1. The normalized spacial score (nSPS) is 10.7. The molecular weight excluding hydrogens is 340 g/mol. The van der Waals surface area contributed by atoms with Crippen LogP contribution in [0.2, 0.25) is 0 Å². The van der Waals surface area contributed by atoms with Gasteiger partial charge in [0.15, 0.2) is 0 Å². The van der Waals surface area contributed by atoms with Gasteiger partial charge in [0.2, 0.25) is 5.91 Å². The number of carbonyl (C=O) groups is 1. The summed E-state index contributed by atoms with van der Waals surface area (Å²) < 4.78 is 15.6. The number of nitrogens with zero attached hydrogens (tertiary/aromatic N) is 1. The number of hydrogen-bond acceptors (Lipinski definition) is 6. The Kier molecular flexibility index (Phi) is 7.81. The van der Waals surface area contributed by atoms with Gasteiger partial charge in [0.05, 0.1) is 18.1 Å². The van der Waals surface area contributed by atoms with Gasteiger partial charge in [-0.15, -0.1) is 11.8 Å². The molecule has 0 unspecified atom stereocenters. The Labute approximate surface area is 152 Å². The first-order valence-corrected chi connectivity index (χ1v) is 9.22. The van der Waals surface area contributed by atoms with E-state index >= 15 is 0 Å². The second kappa shape index (κ2) is 10.1. The van der Waals surface area contributed by atoms with Gasteiger partial charge in [0.25, 0.3) is 0 Å². The molecule has 0 aliphatic carbocycles. The number of amides is 1. The Balaban J connectivity index is 1.67. The summed E-state index contributed by atoms with van der Waals surface area (Å²) in [5.41, 5.74) is 2.99. The summed E-state index contributed by atoms with van der Waals surface area (Å²) in [5.74, 6) is 2.75. The number of ether oxygens (including phenoxy) is 2. The van der Waals surface area contributed by atoms with Crippen molar-refractivity contribution in [3.63, 3.8) is 0 Å². The molecule has 0 aliphatic heterocycles. The maximum Gasteiger partial charge on any atom is 0.230 e. The third kappa shape index (κ3) is 6.43. The van der Waals surface area contributed by atoms with E-state index in [9.17, 15) is 4.79 Å². The first kappa shape index (κ1) is 19.3. The fourth-order valence-corrected chi connectivity index (χ4v) is 3.16. The number of carbonyl (C=O) groups excluding carboxylic acids is 1. The summed E-state index contributed by atoms with van der Waals surface area (Å²) in [7, 11) is 1.64. The van der Waals surface area contributed by atoms with Crippen LogP contribution in [0.1, 0.15) is 22.6 Å². The van der Waals surface area contributed by atoms with Crippen LogP contribution in [0.25, 0.3) is 0 Å². The summed E-state index contributed by atoms with van der Waals surface area (Å²) in [6, 6.07) is 7.67. The van der Waals surface area contributed by atoms with E-state index in [1.165, 1.54) is 0 Å². The van der Waals surface area contributed by atoms with Crippen molar-refractivity contribution in [3.8, 4) is 5.75 Å². The number of hydrogen-bond donors (Lipinski definition) is 1. The van der Waals surface area contributed by atoms with Gasteiger partial charge in [-0.1, -0.05) is 17.3 Å². The summed E-state index contributed by atoms with van der Waals surface area (Å²) in [4.78, 5) is 11.9. The third-order valence-electron chi connectivity index (χ3n) is 3.63. The molecule has 0 spiro atoms. The highest BCUT2D eigenvalue weighted by Crippen LogP contribution is 2.19. The molecule has 0 aliphatic rings. The van der Waals surface area contributed by atoms with Gasteiger partial charge in [-0.05, 0) is 31.5 Å². The second-order valence-corrected chi connectivity index (χ2v) is 6.54. The van der Waals surface area contributed by atoms with E-state index in [0.717, 1.165) is 34.1 Å². The Morgan fingerprint density at radius 1 is 1.24 bits per heavy atom. The monoisotopic (exact) mass is 364 g/mol. The van der Waals surface area contributed by atoms with Crippen LogP contribution >= 0.6 is 11.8 Å². The Morgan fingerprint density at radius 2 is 2.00 bits per heavy atom. The standard InChI is InChI=1S/C18H24N2O4S/c1-13-17(14(2)24-20-13)11-25-12-18(21)19-10-15-4-6-16(7-5-15)23-9-8-22-3/h4-7H,8-12H2,1-3H3,(H,19,21). The molecule has 2 aromatic rings. The van der Waals surface area contributed by atoms with E-state index in [2.05, 4.69) is 10.5 Å². The molecule has 0 saturated heterocycles. The highest BCUT2D eigenvalue weighted by molar-refractivity contribution is 7.99. The molecule has 2 rings (SSSR count). The summed E-state index contributed by atoms with van der Waals surface area (Å²) in [6.45, 7) is 5.38. The maximum absolute atomic E-state index is 11.9. The molecule has 25 heavy (non-hydrogen) atoms. The summed E-state index contributed by atoms with van der Waals surface area (Å²) in [6.07, 6.45) is 0. The maximum atomic E-state index is 11.9. The molecule has 0 atom stereocenters. The quantitative estimate of drug-likeness (QED) is 0.654. The van der Waals surface area contributed by atoms with Gasteiger partial charge in [-0.25, -0.2) is 0 Å².